The van der Waals surface area contributed by atoms with Gasteiger partial charge in [0.15, 0.2) is 0 Å². The molecule has 3 rings (SSSR count). The largest absolute Gasteiger partial charge is 0.349 e. The van der Waals surface area contributed by atoms with E-state index in [0.717, 1.165) is 11.0 Å². The lowest BCUT2D eigenvalue weighted by atomic mass is 10.2. The second-order valence-electron chi connectivity index (χ2n) is 4.96. The van der Waals surface area contributed by atoms with Crippen LogP contribution in [0.3, 0.4) is 0 Å². The Bertz CT molecular complexity index is 609. The molecule has 1 atom stereocenters. The molecule has 0 radical (unpaired) electrons. The molecular formula is C14H16N4O. The molecule has 5 heteroatoms. The SMILES string of the molecule is NC(CNC(=O)c1cnc2ccccc2n1)C1CC1. The van der Waals surface area contributed by atoms with Gasteiger partial charge in [-0.05, 0) is 30.9 Å². The van der Waals surface area contributed by atoms with Crippen LogP contribution in [0.15, 0.2) is 30.5 Å². The molecule has 1 amide bonds. The van der Waals surface area contributed by atoms with Crippen LogP contribution in [0, 0.1) is 5.92 Å². The Morgan fingerprint density at radius 3 is 2.84 bits per heavy atom. The summed E-state index contributed by atoms with van der Waals surface area (Å²) in [6.07, 6.45) is 3.85. The van der Waals surface area contributed by atoms with Gasteiger partial charge in [-0.15, -0.1) is 0 Å². The zero-order valence-electron chi connectivity index (χ0n) is 10.5. The van der Waals surface area contributed by atoms with Crippen molar-refractivity contribution >= 4 is 16.9 Å². The summed E-state index contributed by atoms with van der Waals surface area (Å²) in [6, 6.07) is 7.53. The second-order valence-corrected chi connectivity index (χ2v) is 4.96. The van der Waals surface area contributed by atoms with E-state index in [4.69, 9.17) is 5.73 Å². The number of carbonyl (C=O) groups excluding carboxylic acids is 1. The van der Waals surface area contributed by atoms with Crippen molar-refractivity contribution in [1.29, 1.82) is 0 Å². The monoisotopic (exact) mass is 256 g/mol. The number of nitrogens with one attached hydrogen (secondary N) is 1. The van der Waals surface area contributed by atoms with Crippen LogP contribution >= 0.6 is 0 Å². The number of hydrogen-bond acceptors (Lipinski definition) is 4. The lowest BCUT2D eigenvalue weighted by Gasteiger charge is -2.11. The highest BCUT2D eigenvalue weighted by Crippen LogP contribution is 2.31. The van der Waals surface area contributed by atoms with Gasteiger partial charge >= 0.3 is 0 Å². The van der Waals surface area contributed by atoms with Crippen molar-refractivity contribution < 1.29 is 4.79 Å². The molecule has 1 aromatic carbocycles. The summed E-state index contributed by atoms with van der Waals surface area (Å²) >= 11 is 0. The van der Waals surface area contributed by atoms with Gasteiger partial charge in [-0.1, -0.05) is 12.1 Å². The van der Waals surface area contributed by atoms with Crippen molar-refractivity contribution in [3.8, 4) is 0 Å². The molecule has 0 bridgehead atoms. The minimum Gasteiger partial charge on any atom is -0.349 e. The topological polar surface area (TPSA) is 80.9 Å². The molecular weight excluding hydrogens is 240 g/mol. The average molecular weight is 256 g/mol. The first-order valence-corrected chi connectivity index (χ1v) is 6.49. The Balaban J connectivity index is 1.70. The van der Waals surface area contributed by atoms with Crippen molar-refractivity contribution in [2.75, 3.05) is 6.54 Å². The lowest BCUT2D eigenvalue weighted by molar-refractivity contribution is 0.0945. The van der Waals surface area contributed by atoms with Crippen LogP contribution in [0.1, 0.15) is 23.3 Å². The molecule has 1 heterocycles. The number of benzene rings is 1. The highest BCUT2D eigenvalue weighted by molar-refractivity contribution is 5.93. The van der Waals surface area contributed by atoms with E-state index in [1.807, 2.05) is 24.3 Å². The molecule has 1 fully saturated rings. The van der Waals surface area contributed by atoms with Gasteiger partial charge in [0.05, 0.1) is 17.2 Å². The van der Waals surface area contributed by atoms with Gasteiger partial charge in [0.25, 0.3) is 5.91 Å². The molecule has 0 aliphatic heterocycles. The smallest absolute Gasteiger partial charge is 0.271 e. The zero-order valence-corrected chi connectivity index (χ0v) is 10.5. The van der Waals surface area contributed by atoms with Crippen molar-refractivity contribution in [3.63, 3.8) is 0 Å². The summed E-state index contributed by atoms with van der Waals surface area (Å²) in [4.78, 5) is 20.5. The molecule has 2 aromatic rings. The molecule has 0 spiro atoms. The number of fused-ring (bicyclic) bond motifs is 1. The van der Waals surface area contributed by atoms with Crippen molar-refractivity contribution in [2.45, 2.75) is 18.9 Å². The highest BCUT2D eigenvalue weighted by atomic mass is 16.1. The van der Waals surface area contributed by atoms with Crippen LogP contribution in [0.2, 0.25) is 0 Å². The van der Waals surface area contributed by atoms with Crippen molar-refractivity contribution in [1.82, 2.24) is 15.3 Å². The second kappa shape index (κ2) is 4.93. The van der Waals surface area contributed by atoms with Gasteiger partial charge in [0.1, 0.15) is 5.69 Å². The minimum absolute atomic E-state index is 0.0531. The first-order chi connectivity index (χ1) is 9.24. The molecule has 0 saturated heterocycles. The third-order valence-electron chi connectivity index (χ3n) is 3.41. The number of rotatable bonds is 4. The number of para-hydroxylation sites is 2. The number of hydrogen-bond donors (Lipinski definition) is 2. The van der Waals surface area contributed by atoms with Gasteiger partial charge in [0.2, 0.25) is 0 Å². The lowest BCUT2D eigenvalue weighted by Crippen LogP contribution is -2.38. The Labute approximate surface area is 111 Å². The van der Waals surface area contributed by atoms with Crippen LogP contribution < -0.4 is 11.1 Å². The van der Waals surface area contributed by atoms with Crippen molar-refractivity contribution in [3.05, 3.63) is 36.2 Å². The molecule has 1 aliphatic rings. The van der Waals surface area contributed by atoms with Gasteiger partial charge in [-0.25, -0.2) is 4.98 Å². The van der Waals surface area contributed by atoms with Crippen molar-refractivity contribution in [2.24, 2.45) is 11.7 Å². The average Bonchev–Trinajstić information content (AvgIpc) is 3.28. The minimum atomic E-state index is -0.214. The molecule has 3 N–H and O–H groups in total. The third-order valence-corrected chi connectivity index (χ3v) is 3.41. The van der Waals surface area contributed by atoms with E-state index in [1.165, 1.54) is 19.0 Å². The predicted molar refractivity (Wildman–Crippen MR) is 72.6 cm³/mol. The summed E-state index contributed by atoms with van der Waals surface area (Å²) in [5, 5.41) is 2.82. The van der Waals surface area contributed by atoms with E-state index < -0.39 is 0 Å². The summed E-state index contributed by atoms with van der Waals surface area (Å²) in [5.41, 5.74) is 7.79. The Morgan fingerprint density at radius 2 is 2.11 bits per heavy atom. The maximum Gasteiger partial charge on any atom is 0.271 e. The summed E-state index contributed by atoms with van der Waals surface area (Å²) < 4.78 is 0. The van der Waals surface area contributed by atoms with Gasteiger partial charge in [-0.2, -0.15) is 0 Å². The zero-order chi connectivity index (χ0) is 13.2. The molecule has 1 saturated carbocycles. The molecule has 98 valence electrons. The highest BCUT2D eigenvalue weighted by Gasteiger charge is 2.28. The maximum atomic E-state index is 12.0. The maximum absolute atomic E-state index is 12.0. The summed E-state index contributed by atoms with van der Waals surface area (Å²) in [5.74, 6) is 0.359. The van der Waals surface area contributed by atoms with E-state index in [-0.39, 0.29) is 11.9 Å². The van der Waals surface area contributed by atoms with Crippen LogP contribution in [-0.4, -0.2) is 28.5 Å². The summed E-state index contributed by atoms with van der Waals surface area (Å²) in [6.45, 7) is 0.498. The number of nitrogens with zero attached hydrogens (tertiary/aromatic N) is 2. The number of carbonyl (C=O) groups is 1. The number of amides is 1. The van der Waals surface area contributed by atoms with E-state index >= 15 is 0 Å². The molecule has 5 nitrogen and oxygen atoms in total. The molecule has 1 unspecified atom stereocenters. The van der Waals surface area contributed by atoms with Crippen LogP contribution in [0.4, 0.5) is 0 Å². The molecule has 1 aliphatic carbocycles. The normalized spacial score (nSPS) is 16.3. The molecule has 19 heavy (non-hydrogen) atoms. The van der Waals surface area contributed by atoms with Gasteiger partial charge in [-0.3, -0.25) is 9.78 Å². The summed E-state index contributed by atoms with van der Waals surface area (Å²) in [7, 11) is 0. The first kappa shape index (κ1) is 12.0. The van der Waals surface area contributed by atoms with Crippen LogP contribution in [-0.2, 0) is 0 Å². The molecule has 1 aromatic heterocycles. The Kier molecular flexibility index (Phi) is 3.13. The van der Waals surface area contributed by atoms with Crippen LogP contribution in [0.5, 0.6) is 0 Å². The fourth-order valence-electron chi connectivity index (χ4n) is 2.06. The fraction of sp³-hybridized carbons (Fsp3) is 0.357. The standard InChI is InChI=1S/C14H16N4O/c15-10(9-5-6-9)7-17-14(19)13-8-16-11-3-1-2-4-12(11)18-13/h1-4,8-10H,5-7,15H2,(H,17,19). The van der Waals surface area contributed by atoms with E-state index in [0.29, 0.717) is 18.2 Å². The van der Waals surface area contributed by atoms with Gasteiger partial charge in [0, 0.05) is 12.6 Å². The quantitative estimate of drug-likeness (QED) is 0.858. The van der Waals surface area contributed by atoms with Gasteiger partial charge < -0.3 is 11.1 Å². The van der Waals surface area contributed by atoms with E-state index in [9.17, 15) is 4.79 Å². The van der Waals surface area contributed by atoms with E-state index in [1.54, 1.807) is 0 Å². The third kappa shape index (κ3) is 2.71. The first-order valence-electron chi connectivity index (χ1n) is 6.49. The van der Waals surface area contributed by atoms with E-state index in [2.05, 4.69) is 15.3 Å². The number of nitrogens with two attached hydrogens (primary N) is 1. The number of aromatic nitrogens is 2. The van der Waals surface area contributed by atoms with Crippen LogP contribution in [0.25, 0.3) is 11.0 Å². The Hall–Kier alpha value is -2.01. The predicted octanol–water partition coefficient (Wildman–Crippen LogP) is 1.10. The Morgan fingerprint density at radius 1 is 1.37 bits per heavy atom. The fourth-order valence-corrected chi connectivity index (χ4v) is 2.06.